The molecule has 0 saturated heterocycles. The molecule has 2 rings (SSSR count). The fraction of sp³-hybridized carbons (Fsp3) is 0.750. The highest BCUT2D eigenvalue weighted by atomic mass is 16.6. The first-order valence-corrected chi connectivity index (χ1v) is 16.1. The second kappa shape index (κ2) is 23.3. The van der Waals surface area contributed by atoms with Gasteiger partial charge >= 0.3 is 24.1 Å². The first-order chi connectivity index (χ1) is 21.4. The number of esters is 2. The van der Waals surface area contributed by atoms with Gasteiger partial charge in [-0.2, -0.15) is 0 Å². The molecule has 0 aromatic heterocycles. The number of rotatable bonds is 21. The molecule has 0 bridgehead atoms. The van der Waals surface area contributed by atoms with Crippen molar-refractivity contribution in [1.82, 2.24) is 10.6 Å². The van der Waals surface area contributed by atoms with Crippen molar-refractivity contribution in [2.75, 3.05) is 39.5 Å². The van der Waals surface area contributed by atoms with Crippen LogP contribution >= 0.6 is 0 Å². The predicted molar refractivity (Wildman–Crippen MR) is 163 cm³/mol. The van der Waals surface area contributed by atoms with Crippen LogP contribution in [0.5, 0.6) is 0 Å². The maximum atomic E-state index is 12.3. The van der Waals surface area contributed by atoms with Crippen LogP contribution in [0.3, 0.4) is 0 Å². The van der Waals surface area contributed by atoms with Crippen molar-refractivity contribution in [3.05, 3.63) is 25.3 Å². The van der Waals surface area contributed by atoms with Gasteiger partial charge in [0.25, 0.3) is 0 Å². The van der Waals surface area contributed by atoms with E-state index in [1.54, 1.807) is 0 Å². The van der Waals surface area contributed by atoms with Gasteiger partial charge in [-0.15, -0.1) is 0 Å². The van der Waals surface area contributed by atoms with Gasteiger partial charge in [0, 0.05) is 25.2 Å². The lowest BCUT2D eigenvalue weighted by molar-refractivity contribution is -0.143. The Balaban J connectivity index is 1.57. The smallest absolute Gasteiger partial charge is 0.407 e. The number of amides is 2. The van der Waals surface area contributed by atoms with Gasteiger partial charge in [0.2, 0.25) is 0 Å². The van der Waals surface area contributed by atoms with Crippen LogP contribution in [-0.4, -0.2) is 88.1 Å². The van der Waals surface area contributed by atoms with Gasteiger partial charge in [-0.05, 0) is 38.5 Å². The zero-order chi connectivity index (χ0) is 31.8. The van der Waals surface area contributed by atoms with Crippen molar-refractivity contribution in [1.29, 1.82) is 0 Å². The molecule has 2 unspecified atom stereocenters. The molecule has 250 valence electrons. The molecule has 0 aromatic rings. The number of carbonyl (C=O) groups is 4. The van der Waals surface area contributed by atoms with Crippen molar-refractivity contribution in [3.8, 4) is 0 Å². The van der Waals surface area contributed by atoms with Crippen LogP contribution in [0.15, 0.2) is 25.3 Å². The van der Waals surface area contributed by atoms with E-state index in [2.05, 4.69) is 23.8 Å². The van der Waals surface area contributed by atoms with Crippen molar-refractivity contribution in [3.63, 3.8) is 0 Å². The summed E-state index contributed by atoms with van der Waals surface area (Å²) in [5, 5.41) is 5.44. The fourth-order valence-electron chi connectivity index (χ4n) is 5.02. The van der Waals surface area contributed by atoms with E-state index in [0.29, 0.717) is 13.1 Å². The molecule has 0 heterocycles. The summed E-state index contributed by atoms with van der Waals surface area (Å²) in [7, 11) is 0. The van der Waals surface area contributed by atoms with Crippen molar-refractivity contribution >= 4 is 24.1 Å². The highest BCUT2D eigenvalue weighted by molar-refractivity contribution is 5.81. The molecular formula is C32H52N2O10. The highest BCUT2D eigenvalue weighted by Gasteiger charge is 2.22. The van der Waals surface area contributed by atoms with Gasteiger partial charge in [0.1, 0.15) is 13.2 Å². The molecule has 12 heteroatoms. The zero-order valence-electron chi connectivity index (χ0n) is 26.1. The lowest BCUT2D eigenvalue weighted by Crippen LogP contribution is -2.36. The summed E-state index contributed by atoms with van der Waals surface area (Å²) in [4.78, 5) is 47.5. The number of hydrogen-bond donors (Lipinski definition) is 2. The van der Waals surface area contributed by atoms with E-state index >= 15 is 0 Å². The van der Waals surface area contributed by atoms with Crippen LogP contribution in [-0.2, 0) is 38.0 Å². The second-order valence-electron chi connectivity index (χ2n) is 11.2. The van der Waals surface area contributed by atoms with Gasteiger partial charge in [0.15, 0.2) is 12.2 Å². The third kappa shape index (κ3) is 17.9. The summed E-state index contributed by atoms with van der Waals surface area (Å²) < 4.78 is 32.8. The highest BCUT2D eigenvalue weighted by Crippen LogP contribution is 2.21. The second-order valence-corrected chi connectivity index (χ2v) is 11.2. The SMILES string of the molecule is C=CC(=O)OCC(COC1CCCCC1)OC(=O)NCCCCCCNC(=O)OC(COC(=O)C=C)COC1CCCCC1. The summed E-state index contributed by atoms with van der Waals surface area (Å²) in [5.41, 5.74) is 0. The van der Waals surface area contributed by atoms with Crippen LogP contribution in [0, 0.1) is 0 Å². The van der Waals surface area contributed by atoms with Crippen LogP contribution in [0.2, 0.25) is 0 Å². The van der Waals surface area contributed by atoms with Gasteiger partial charge < -0.3 is 39.1 Å². The molecule has 2 aliphatic rings. The van der Waals surface area contributed by atoms with E-state index in [-0.39, 0.29) is 38.6 Å². The Kier molecular flexibility index (Phi) is 19.6. The van der Waals surface area contributed by atoms with Crippen LogP contribution in [0.25, 0.3) is 0 Å². The van der Waals surface area contributed by atoms with Gasteiger partial charge in [0.05, 0.1) is 25.4 Å². The average molecular weight is 625 g/mol. The molecule has 44 heavy (non-hydrogen) atoms. The lowest BCUT2D eigenvalue weighted by atomic mass is 9.98. The Labute approximate surface area is 261 Å². The fourth-order valence-corrected chi connectivity index (χ4v) is 5.02. The van der Waals surface area contributed by atoms with E-state index in [4.69, 9.17) is 28.4 Å². The van der Waals surface area contributed by atoms with E-state index in [0.717, 1.165) is 89.2 Å². The number of unbranched alkanes of at least 4 members (excludes halogenated alkanes) is 3. The Morgan fingerprint density at radius 3 is 1.34 bits per heavy atom. The Hall–Kier alpha value is -3.12. The van der Waals surface area contributed by atoms with Crippen LogP contribution < -0.4 is 10.6 Å². The molecule has 2 aliphatic carbocycles. The standard InChI is InChI=1S/C32H52N2O10/c1-3-29(35)41-23-27(21-39-25-15-9-7-10-16-25)43-31(37)33-19-13-5-6-14-20-34-32(38)44-28(24-42-30(36)4-2)22-40-26-17-11-8-12-18-26/h3-4,25-28H,1-2,5-24H2,(H,33,37)(H,34,38). The largest absolute Gasteiger partial charge is 0.458 e. The maximum Gasteiger partial charge on any atom is 0.407 e. The van der Waals surface area contributed by atoms with Crippen molar-refractivity contribution < 1.29 is 47.6 Å². The predicted octanol–water partition coefficient (Wildman–Crippen LogP) is 4.89. The average Bonchev–Trinajstić information content (AvgIpc) is 3.05. The van der Waals surface area contributed by atoms with Gasteiger partial charge in [-0.3, -0.25) is 0 Å². The number of carbonyl (C=O) groups excluding carboxylic acids is 4. The number of alkyl carbamates (subject to hydrolysis) is 2. The molecule has 2 N–H and O–H groups in total. The maximum absolute atomic E-state index is 12.3. The number of hydrogen-bond acceptors (Lipinski definition) is 10. The first kappa shape index (κ1) is 37.1. The Bertz CT molecular complexity index is 801. The Morgan fingerprint density at radius 2 is 0.977 bits per heavy atom. The van der Waals surface area contributed by atoms with Crippen molar-refractivity contribution in [2.45, 2.75) is 114 Å². The third-order valence-corrected chi connectivity index (χ3v) is 7.49. The van der Waals surface area contributed by atoms with Crippen molar-refractivity contribution in [2.24, 2.45) is 0 Å². The monoisotopic (exact) mass is 624 g/mol. The van der Waals surface area contributed by atoms with Gasteiger partial charge in [-0.25, -0.2) is 19.2 Å². The summed E-state index contributed by atoms with van der Waals surface area (Å²) in [6.07, 6.45) is 13.7. The van der Waals surface area contributed by atoms with E-state index in [1.807, 2.05) is 0 Å². The summed E-state index contributed by atoms with van der Waals surface area (Å²) in [6.45, 7) is 7.71. The lowest BCUT2D eigenvalue weighted by Gasteiger charge is -2.25. The molecule has 0 radical (unpaired) electrons. The molecule has 0 spiro atoms. The molecule has 2 atom stereocenters. The number of ether oxygens (including phenoxy) is 6. The zero-order valence-corrected chi connectivity index (χ0v) is 26.1. The third-order valence-electron chi connectivity index (χ3n) is 7.49. The topological polar surface area (TPSA) is 148 Å². The summed E-state index contributed by atoms with van der Waals surface area (Å²) >= 11 is 0. The van der Waals surface area contributed by atoms with Gasteiger partial charge in [-0.1, -0.05) is 64.5 Å². The quantitative estimate of drug-likeness (QED) is 0.0783. The molecule has 2 fully saturated rings. The molecule has 2 amide bonds. The first-order valence-electron chi connectivity index (χ1n) is 16.1. The molecular weight excluding hydrogens is 572 g/mol. The Morgan fingerprint density at radius 1 is 0.591 bits per heavy atom. The molecule has 0 aromatic carbocycles. The number of nitrogens with one attached hydrogen (secondary N) is 2. The minimum absolute atomic E-state index is 0.102. The summed E-state index contributed by atoms with van der Waals surface area (Å²) in [6, 6.07) is 0. The van der Waals surface area contributed by atoms with E-state index in [9.17, 15) is 19.2 Å². The molecule has 2 saturated carbocycles. The van der Waals surface area contributed by atoms with Crippen LogP contribution in [0.4, 0.5) is 9.59 Å². The summed E-state index contributed by atoms with van der Waals surface area (Å²) in [5.74, 6) is -1.17. The van der Waals surface area contributed by atoms with Crippen LogP contribution in [0.1, 0.15) is 89.9 Å². The molecule has 12 nitrogen and oxygen atoms in total. The van der Waals surface area contributed by atoms with E-state index < -0.39 is 36.3 Å². The minimum Gasteiger partial charge on any atom is -0.458 e. The van der Waals surface area contributed by atoms with E-state index in [1.165, 1.54) is 12.8 Å². The normalized spacial score (nSPS) is 17.0. The minimum atomic E-state index is -0.709. The molecule has 0 aliphatic heterocycles.